The van der Waals surface area contributed by atoms with Gasteiger partial charge in [0.05, 0.1) is 11.3 Å². The molecular formula is C18H22BrNO2. The van der Waals surface area contributed by atoms with Gasteiger partial charge in [-0.25, -0.2) is 10.3 Å². The molecule has 22 heavy (non-hydrogen) atoms. The summed E-state index contributed by atoms with van der Waals surface area (Å²) in [6.45, 7) is 6.57. The van der Waals surface area contributed by atoms with Crippen LogP contribution in [0.15, 0.2) is 36.0 Å². The largest absolute Gasteiger partial charge is 0.362 e. The number of halogens is 1. The zero-order valence-electron chi connectivity index (χ0n) is 13.3. The van der Waals surface area contributed by atoms with Crippen molar-refractivity contribution >= 4 is 21.9 Å². The average molecular weight is 364 g/mol. The average Bonchev–Trinajstić information content (AvgIpc) is 2.89. The molecule has 3 rings (SSSR count). The Morgan fingerprint density at radius 2 is 2.05 bits per heavy atom. The van der Waals surface area contributed by atoms with Gasteiger partial charge in [-0.2, -0.15) is 0 Å². The fourth-order valence-electron chi connectivity index (χ4n) is 3.80. The molecule has 3 nitrogen and oxygen atoms in total. The first-order valence-electron chi connectivity index (χ1n) is 7.73. The highest BCUT2D eigenvalue weighted by Gasteiger charge is 2.59. The highest BCUT2D eigenvalue weighted by Crippen LogP contribution is 2.65. The summed E-state index contributed by atoms with van der Waals surface area (Å²) in [4.78, 5) is 17.5. The predicted octanol–water partition coefficient (Wildman–Crippen LogP) is 4.37. The highest BCUT2D eigenvalue weighted by atomic mass is 79.9. The lowest BCUT2D eigenvalue weighted by atomic mass is 9.69. The molecule has 2 aliphatic rings. The van der Waals surface area contributed by atoms with Crippen molar-refractivity contribution in [1.29, 1.82) is 0 Å². The van der Waals surface area contributed by atoms with Gasteiger partial charge in [0.1, 0.15) is 0 Å². The van der Waals surface area contributed by atoms with E-state index in [9.17, 15) is 4.79 Å². The number of benzene rings is 1. The van der Waals surface area contributed by atoms with Crippen LogP contribution >= 0.6 is 15.9 Å². The summed E-state index contributed by atoms with van der Waals surface area (Å²) < 4.78 is 0. The molecule has 0 aromatic heterocycles. The first-order valence-corrected chi connectivity index (χ1v) is 8.85. The Morgan fingerprint density at radius 1 is 1.36 bits per heavy atom. The van der Waals surface area contributed by atoms with E-state index < -0.39 is 0 Å². The number of hydrogen-bond donors (Lipinski definition) is 1. The van der Waals surface area contributed by atoms with E-state index >= 15 is 0 Å². The first-order chi connectivity index (χ1) is 10.4. The summed E-state index contributed by atoms with van der Waals surface area (Å²) in [6, 6.07) is 7.41. The molecule has 0 saturated heterocycles. The molecule has 1 saturated carbocycles. The number of rotatable bonds is 4. The van der Waals surface area contributed by atoms with Crippen LogP contribution in [0.3, 0.4) is 0 Å². The van der Waals surface area contributed by atoms with Crippen LogP contribution in [-0.4, -0.2) is 11.3 Å². The summed E-state index contributed by atoms with van der Waals surface area (Å²) >= 11 is 3.67. The number of carbonyl (C=O) groups is 1. The number of alkyl halides is 1. The Balaban J connectivity index is 1.69. The van der Waals surface area contributed by atoms with Crippen LogP contribution in [0.4, 0.5) is 0 Å². The maximum atomic E-state index is 12.1. The van der Waals surface area contributed by atoms with E-state index in [1.54, 1.807) is 12.1 Å². The molecule has 1 aromatic rings. The Morgan fingerprint density at radius 3 is 2.64 bits per heavy atom. The van der Waals surface area contributed by atoms with Crippen molar-refractivity contribution < 1.29 is 9.63 Å². The summed E-state index contributed by atoms with van der Waals surface area (Å²) in [6.07, 6.45) is 4.57. The molecule has 4 heteroatoms. The third-order valence-corrected chi connectivity index (χ3v) is 6.98. The van der Waals surface area contributed by atoms with Gasteiger partial charge >= 0.3 is 5.97 Å². The number of nitrogens with one attached hydrogen (secondary N) is 1. The molecule has 1 fully saturated rings. The van der Waals surface area contributed by atoms with E-state index in [2.05, 4.69) is 41.3 Å². The van der Waals surface area contributed by atoms with E-state index in [1.807, 2.05) is 19.1 Å². The third kappa shape index (κ3) is 2.19. The van der Waals surface area contributed by atoms with Gasteiger partial charge in [0, 0.05) is 10.7 Å². The summed E-state index contributed by atoms with van der Waals surface area (Å²) in [5.41, 5.74) is 5.91. The van der Waals surface area contributed by atoms with Gasteiger partial charge in [-0.3, -0.25) is 0 Å². The molecule has 0 spiro atoms. The van der Waals surface area contributed by atoms with Crippen molar-refractivity contribution in [3.63, 3.8) is 0 Å². The standard InChI is InChI=1S/C18H22BrNO2/c1-12-4-6-13(7-5-12)16(21)22-20-15-10-14-8-9-17(15,2)18(14,3)11-19/h4-7,10,14,20H,8-9,11H2,1-3H3/t14-,17+,18+/m0/s1. The Bertz CT molecular complexity index is 624. The van der Waals surface area contributed by atoms with Crippen molar-refractivity contribution in [2.24, 2.45) is 16.7 Å². The summed E-state index contributed by atoms with van der Waals surface area (Å²) in [7, 11) is 0. The molecular weight excluding hydrogens is 342 g/mol. The normalized spacial score (nSPS) is 32.7. The molecule has 0 aliphatic heterocycles. The van der Waals surface area contributed by atoms with E-state index in [4.69, 9.17) is 4.84 Å². The van der Waals surface area contributed by atoms with Crippen LogP contribution in [-0.2, 0) is 4.84 Å². The van der Waals surface area contributed by atoms with Gasteiger partial charge in [0.15, 0.2) is 0 Å². The van der Waals surface area contributed by atoms with Gasteiger partial charge in [-0.1, -0.05) is 53.5 Å². The van der Waals surface area contributed by atoms with Gasteiger partial charge in [-0.05, 0) is 43.2 Å². The van der Waals surface area contributed by atoms with E-state index in [0.717, 1.165) is 23.0 Å². The minimum absolute atomic E-state index is 0.0364. The number of hydroxylamine groups is 1. The van der Waals surface area contributed by atoms with Crippen molar-refractivity contribution in [3.8, 4) is 0 Å². The minimum Gasteiger partial charge on any atom is -0.338 e. The summed E-state index contributed by atoms with van der Waals surface area (Å²) in [5, 5.41) is 0.953. The number of hydrogen-bond acceptors (Lipinski definition) is 3. The zero-order chi connectivity index (χ0) is 16.0. The molecule has 3 atom stereocenters. The minimum atomic E-state index is -0.340. The molecule has 0 unspecified atom stereocenters. The van der Waals surface area contributed by atoms with E-state index in [-0.39, 0.29) is 16.8 Å². The molecule has 118 valence electrons. The van der Waals surface area contributed by atoms with Crippen molar-refractivity contribution in [2.75, 3.05) is 5.33 Å². The third-order valence-electron chi connectivity index (χ3n) is 5.82. The van der Waals surface area contributed by atoms with Gasteiger partial charge < -0.3 is 4.84 Å². The zero-order valence-corrected chi connectivity index (χ0v) is 14.9. The van der Waals surface area contributed by atoms with E-state index in [1.165, 1.54) is 6.42 Å². The fourth-order valence-corrected chi connectivity index (χ4v) is 4.83. The molecule has 1 N–H and O–H groups in total. The van der Waals surface area contributed by atoms with Crippen molar-refractivity contribution in [3.05, 3.63) is 47.2 Å². The van der Waals surface area contributed by atoms with Crippen molar-refractivity contribution in [1.82, 2.24) is 5.48 Å². The van der Waals surface area contributed by atoms with Crippen LogP contribution in [0, 0.1) is 23.7 Å². The van der Waals surface area contributed by atoms with Gasteiger partial charge in [0.2, 0.25) is 0 Å². The molecule has 0 radical (unpaired) electrons. The highest BCUT2D eigenvalue weighted by molar-refractivity contribution is 9.09. The van der Waals surface area contributed by atoms with Gasteiger partial charge in [-0.15, -0.1) is 0 Å². The number of fused-ring (bicyclic) bond motifs is 2. The Labute approximate surface area is 140 Å². The number of allylic oxidation sites excluding steroid dienone is 2. The predicted molar refractivity (Wildman–Crippen MR) is 90.5 cm³/mol. The molecule has 1 aromatic carbocycles. The summed E-state index contributed by atoms with van der Waals surface area (Å²) in [5.74, 6) is 0.199. The van der Waals surface area contributed by atoms with Crippen LogP contribution < -0.4 is 5.48 Å². The second kappa shape index (κ2) is 5.41. The number of aryl methyl sites for hydroxylation is 1. The van der Waals surface area contributed by atoms with Crippen LogP contribution in [0.1, 0.15) is 42.6 Å². The van der Waals surface area contributed by atoms with Gasteiger partial charge in [0.25, 0.3) is 0 Å². The fraction of sp³-hybridized carbons (Fsp3) is 0.500. The van der Waals surface area contributed by atoms with Crippen molar-refractivity contribution in [2.45, 2.75) is 33.6 Å². The lowest BCUT2D eigenvalue weighted by Gasteiger charge is -2.38. The first kappa shape index (κ1) is 15.6. The quantitative estimate of drug-likeness (QED) is 0.637. The maximum absolute atomic E-state index is 12.1. The van der Waals surface area contributed by atoms with E-state index in [0.29, 0.717) is 11.5 Å². The Kier molecular flexibility index (Phi) is 3.84. The molecule has 2 aliphatic carbocycles. The number of carbonyl (C=O) groups excluding carboxylic acids is 1. The van der Waals surface area contributed by atoms with Crippen LogP contribution in [0.2, 0.25) is 0 Å². The lowest BCUT2D eigenvalue weighted by Crippen LogP contribution is -2.38. The topological polar surface area (TPSA) is 38.3 Å². The molecule has 0 heterocycles. The molecule has 0 amide bonds. The Hall–Kier alpha value is -1.29. The maximum Gasteiger partial charge on any atom is 0.362 e. The van der Waals surface area contributed by atoms with Crippen LogP contribution in [0.5, 0.6) is 0 Å². The lowest BCUT2D eigenvalue weighted by molar-refractivity contribution is 0.0242. The molecule has 2 bridgehead atoms. The second-order valence-electron chi connectivity index (χ2n) is 6.97. The van der Waals surface area contributed by atoms with Crippen LogP contribution in [0.25, 0.3) is 0 Å². The SMILES string of the molecule is Cc1ccc(C(=O)ONC2=C[C@@H]3CC[C@@]2(C)[C@]3(C)CBr)cc1. The second-order valence-corrected chi connectivity index (χ2v) is 7.53. The smallest absolute Gasteiger partial charge is 0.338 e. The monoisotopic (exact) mass is 363 g/mol.